The molecule has 1 saturated carbocycles. The number of hydrogen-bond donors (Lipinski definition) is 1. The van der Waals surface area contributed by atoms with E-state index in [1.807, 2.05) is 25.1 Å². The third-order valence-corrected chi connectivity index (χ3v) is 8.33. The fraction of sp³-hybridized carbons (Fsp3) is 0.296. The number of carboxylic acid groups (broad SMARTS) is 1. The Morgan fingerprint density at radius 3 is 2.51 bits per heavy atom. The SMILES string of the molecule is C[C@H](c1ccc(-c2nc3ccc(C4(c5ccccc5)CC4)nc3s2)c(F)c1)N1CC(C(=O)O)C1.Cl. The van der Waals surface area contributed by atoms with Crippen LogP contribution in [0.3, 0.4) is 0 Å². The maximum Gasteiger partial charge on any atom is 0.309 e. The molecule has 2 fully saturated rings. The molecule has 2 aliphatic rings. The number of carboxylic acids is 1. The second kappa shape index (κ2) is 8.97. The highest BCUT2D eigenvalue weighted by molar-refractivity contribution is 7.21. The number of thiazole rings is 1. The number of carbonyl (C=O) groups is 1. The van der Waals surface area contributed by atoms with Gasteiger partial charge in [0.15, 0.2) is 0 Å². The number of halogens is 2. The van der Waals surface area contributed by atoms with Crippen LogP contribution in [0.5, 0.6) is 0 Å². The van der Waals surface area contributed by atoms with E-state index in [2.05, 4.69) is 40.2 Å². The summed E-state index contributed by atoms with van der Waals surface area (Å²) < 4.78 is 15.1. The van der Waals surface area contributed by atoms with Crippen LogP contribution in [0.15, 0.2) is 60.7 Å². The number of pyridine rings is 1. The lowest BCUT2D eigenvalue weighted by Crippen LogP contribution is -2.51. The summed E-state index contributed by atoms with van der Waals surface area (Å²) >= 11 is 1.42. The van der Waals surface area contributed by atoms with E-state index in [-0.39, 0.29) is 35.6 Å². The van der Waals surface area contributed by atoms with Crippen molar-refractivity contribution in [2.24, 2.45) is 5.92 Å². The minimum absolute atomic E-state index is 0. The van der Waals surface area contributed by atoms with Crippen molar-refractivity contribution in [1.82, 2.24) is 14.9 Å². The van der Waals surface area contributed by atoms with Crippen LogP contribution in [0, 0.1) is 11.7 Å². The van der Waals surface area contributed by atoms with Crippen molar-refractivity contribution in [2.75, 3.05) is 13.1 Å². The van der Waals surface area contributed by atoms with Crippen LogP contribution < -0.4 is 0 Å². The van der Waals surface area contributed by atoms with Gasteiger partial charge in [-0.25, -0.2) is 14.4 Å². The van der Waals surface area contributed by atoms with E-state index in [1.165, 1.54) is 16.9 Å². The topological polar surface area (TPSA) is 66.3 Å². The van der Waals surface area contributed by atoms with Gasteiger partial charge in [0, 0.05) is 30.1 Å². The fourth-order valence-corrected chi connectivity index (χ4v) is 5.90. The molecule has 8 heteroatoms. The van der Waals surface area contributed by atoms with Crippen molar-refractivity contribution < 1.29 is 14.3 Å². The number of likely N-dealkylation sites (tertiary alicyclic amines) is 1. The van der Waals surface area contributed by atoms with Gasteiger partial charge in [0.25, 0.3) is 0 Å². The maximum atomic E-state index is 15.1. The maximum absolute atomic E-state index is 15.1. The van der Waals surface area contributed by atoms with Crippen molar-refractivity contribution >= 4 is 40.1 Å². The summed E-state index contributed by atoms with van der Waals surface area (Å²) in [7, 11) is 0. The molecule has 0 bridgehead atoms. The number of nitrogens with zero attached hydrogens (tertiary/aromatic N) is 3. The summed E-state index contributed by atoms with van der Waals surface area (Å²) in [5.41, 5.74) is 4.42. The van der Waals surface area contributed by atoms with Crippen molar-refractivity contribution in [2.45, 2.75) is 31.2 Å². The molecule has 0 unspecified atom stereocenters. The van der Waals surface area contributed by atoms with E-state index in [1.54, 1.807) is 12.1 Å². The fourth-order valence-electron chi connectivity index (χ4n) is 4.93. The number of hydrogen-bond acceptors (Lipinski definition) is 5. The molecular weight excluding hydrogens is 485 g/mol. The first-order valence-corrected chi connectivity index (χ1v) is 12.4. The zero-order valence-electron chi connectivity index (χ0n) is 19.1. The Balaban J connectivity index is 0.00000253. The molecule has 0 amide bonds. The highest BCUT2D eigenvalue weighted by Gasteiger charge is 2.47. The summed E-state index contributed by atoms with van der Waals surface area (Å²) in [5.74, 6) is -1.42. The van der Waals surface area contributed by atoms with Gasteiger partial charge in [-0.15, -0.1) is 12.4 Å². The van der Waals surface area contributed by atoms with Gasteiger partial charge < -0.3 is 5.11 Å². The molecule has 0 radical (unpaired) electrons. The standard InChI is InChI=1S/C27H24FN3O2S.ClH/c1-16(31-14-18(15-31)26(32)33)17-7-8-20(21(28)13-17)24-29-22-9-10-23(30-25(22)34-24)27(11-12-27)19-5-3-2-4-6-19;/h2-10,13,16,18H,11-12,14-15H2,1H3,(H,32,33);1H/t16-;/m1./s1. The predicted octanol–water partition coefficient (Wildman–Crippen LogP) is 6.08. The van der Waals surface area contributed by atoms with E-state index >= 15 is 4.39 Å². The van der Waals surface area contributed by atoms with Crippen LogP contribution in [-0.2, 0) is 10.2 Å². The van der Waals surface area contributed by atoms with Crippen LogP contribution >= 0.6 is 23.7 Å². The molecule has 6 rings (SSSR count). The number of aliphatic carboxylic acids is 1. The Morgan fingerprint density at radius 1 is 1.11 bits per heavy atom. The van der Waals surface area contributed by atoms with Crippen molar-refractivity contribution in [3.8, 4) is 10.6 Å². The molecule has 3 heterocycles. The Morgan fingerprint density at radius 2 is 1.86 bits per heavy atom. The number of aromatic nitrogens is 2. The Labute approximate surface area is 213 Å². The van der Waals surface area contributed by atoms with Gasteiger partial charge in [0.2, 0.25) is 0 Å². The van der Waals surface area contributed by atoms with Crippen LogP contribution in [0.4, 0.5) is 4.39 Å². The average molecular weight is 510 g/mol. The quantitative estimate of drug-likeness (QED) is 0.341. The van der Waals surface area contributed by atoms with E-state index in [0.717, 1.165) is 34.4 Å². The highest BCUT2D eigenvalue weighted by Crippen LogP contribution is 2.53. The van der Waals surface area contributed by atoms with Gasteiger partial charge in [0.1, 0.15) is 21.2 Å². The zero-order valence-corrected chi connectivity index (χ0v) is 20.8. The molecule has 1 aliphatic carbocycles. The van der Waals surface area contributed by atoms with Gasteiger partial charge in [0.05, 0.1) is 11.6 Å². The van der Waals surface area contributed by atoms with Gasteiger partial charge in [-0.1, -0.05) is 47.7 Å². The van der Waals surface area contributed by atoms with E-state index in [9.17, 15) is 4.79 Å². The van der Waals surface area contributed by atoms with Gasteiger partial charge in [-0.05, 0) is 55.2 Å². The Hall–Kier alpha value is -2.87. The molecule has 1 aliphatic heterocycles. The number of fused-ring (bicyclic) bond motifs is 1. The summed E-state index contributed by atoms with van der Waals surface area (Å²) in [6, 6.07) is 19.8. The molecule has 4 aromatic rings. The second-order valence-electron chi connectivity index (χ2n) is 9.39. The Kier molecular flexibility index (Phi) is 6.11. The van der Waals surface area contributed by atoms with Gasteiger partial charge in [-0.2, -0.15) is 0 Å². The van der Waals surface area contributed by atoms with E-state index in [4.69, 9.17) is 10.1 Å². The first kappa shape index (κ1) is 23.9. The van der Waals surface area contributed by atoms with Gasteiger partial charge in [-0.3, -0.25) is 9.69 Å². The molecule has 5 nitrogen and oxygen atoms in total. The minimum Gasteiger partial charge on any atom is -0.481 e. The molecule has 0 spiro atoms. The van der Waals surface area contributed by atoms with Crippen LogP contribution in [0.1, 0.15) is 42.6 Å². The molecule has 2 aromatic heterocycles. The van der Waals surface area contributed by atoms with Crippen LogP contribution in [-0.4, -0.2) is 39.0 Å². The summed E-state index contributed by atoms with van der Waals surface area (Å²) in [4.78, 5) is 23.6. The molecule has 2 aromatic carbocycles. The van der Waals surface area contributed by atoms with Crippen molar-refractivity contribution in [3.63, 3.8) is 0 Å². The Bertz CT molecular complexity index is 1400. The third kappa shape index (κ3) is 4.11. The predicted molar refractivity (Wildman–Crippen MR) is 138 cm³/mol. The van der Waals surface area contributed by atoms with Crippen molar-refractivity contribution in [3.05, 3.63) is 83.3 Å². The lowest BCUT2D eigenvalue weighted by molar-refractivity contribution is -0.148. The molecule has 1 atom stereocenters. The van der Waals surface area contributed by atoms with E-state index in [0.29, 0.717) is 23.7 Å². The first-order chi connectivity index (χ1) is 16.4. The van der Waals surface area contributed by atoms with E-state index < -0.39 is 5.97 Å². The number of benzene rings is 2. The monoisotopic (exact) mass is 509 g/mol. The van der Waals surface area contributed by atoms with Crippen LogP contribution in [0.25, 0.3) is 20.9 Å². The van der Waals surface area contributed by atoms with Crippen LogP contribution in [0.2, 0.25) is 0 Å². The second-order valence-corrected chi connectivity index (χ2v) is 10.4. The summed E-state index contributed by atoms with van der Waals surface area (Å²) in [5, 5.41) is 9.72. The smallest absolute Gasteiger partial charge is 0.309 e. The first-order valence-electron chi connectivity index (χ1n) is 11.5. The molecule has 1 N–H and O–H groups in total. The molecule has 1 saturated heterocycles. The average Bonchev–Trinajstić information content (AvgIpc) is 3.51. The van der Waals surface area contributed by atoms with Gasteiger partial charge >= 0.3 is 5.97 Å². The lowest BCUT2D eigenvalue weighted by atomic mass is 9.92. The zero-order chi connectivity index (χ0) is 23.4. The normalized spacial score (nSPS) is 18.0. The lowest BCUT2D eigenvalue weighted by Gasteiger charge is -2.41. The molecule has 35 heavy (non-hydrogen) atoms. The molecule has 180 valence electrons. The van der Waals surface area contributed by atoms with Crippen molar-refractivity contribution in [1.29, 1.82) is 0 Å². The summed E-state index contributed by atoms with van der Waals surface area (Å²) in [6.45, 7) is 2.97. The highest BCUT2D eigenvalue weighted by atomic mass is 35.5. The third-order valence-electron chi connectivity index (χ3n) is 7.33. The minimum atomic E-state index is -0.769. The number of rotatable bonds is 6. The summed E-state index contributed by atoms with van der Waals surface area (Å²) in [6.07, 6.45) is 2.17. The largest absolute Gasteiger partial charge is 0.481 e. The molecular formula is C27H25ClFN3O2S.